The molecule has 7 nitrogen and oxygen atoms in total. The number of aliphatic hydroxyl groups is 1. The Morgan fingerprint density at radius 1 is 1.39 bits per heavy atom. The number of pyridine rings is 1. The van der Waals surface area contributed by atoms with E-state index in [2.05, 4.69) is 16.8 Å². The average Bonchev–Trinajstić information content (AvgIpc) is 2.95. The van der Waals surface area contributed by atoms with Gasteiger partial charge in [0, 0.05) is 38.2 Å². The first kappa shape index (κ1) is 19.5. The van der Waals surface area contributed by atoms with Crippen LogP contribution in [0.2, 0.25) is 0 Å². The molecule has 1 fully saturated rings. The minimum atomic E-state index is -1.65. The van der Waals surface area contributed by atoms with Crippen LogP contribution < -0.4 is 5.73 Å². The highest BCUT2D eigenvalue weighted by Crippen LogP contribution is 2.23. The fourth-order valence-electron chi connectivity index (χ4n) is 3.01. The van der Waals surface area contributed by atoms with E-state index < -0.39 is 17.4 Å². The molecule has 3 rings (SSSR count). The van der Waals surface area contributed by atoms with Crippen molar-refractivity contribution in [1.29, 1.82) is 0 Å². The molecule has 0 aliphatic carbocycles. The molecule has 1 aliphatic heterocycles. The largest absolute Gasteiger partial charge is 0.380 e. The highest BCUT2D eigenvalue weighted by Gasteiger charge is 2.42. The molecule has 28 heavy (non-hydrogen) atoms. The standard InChI is InChI=1S/C21H21N3O4/c1-24-9-8-21(27,20(24)26)7-6-14-4-3-5-16(10-14)17-11-15(13-28-2)12-18(23-17)19(22)25/h3-5,10-12,27H,8-9,13H2,1-2H3,(H2,22,25). The maximum Gasteiger partial charge on any atom is 0.267 e. The third kappa shape index (κ3) is 4.03. The molecule has 3 N–H and O–H groups in total. The third-order valence-corrected chi connectivity index (χ3v) is 4.53. The number of hydrogen-bond acceptors (Lipinski definition) is 5. The molecule has 0 spiro atoms. The summed E-state index contributed by atoms with van der Waals surface area (Å²) in [6.07, 6.45) is 0.275. The maximum atomic E-state index is 12.0. The van der Waals surface area contributed by atoms with Crippen LogP contribution in [0.5, 0.6) is 0 Å². The van der Waals surface area contributed by atoms with Crippen LogP contribution >= 0.6 is 0 Å². The SMILES string of the molecule is COCc1cc(C(N)=O)nc(-c2cccc(C#CC3(O)CCN(C)C3=O)c2)c1. The third-order valence-electron chi connectivity index (χ3n) is 4.53. The van der Waals surface area contributed by atoms with Crippen LogP contribution in [0.15, 0.2) is 36.4 Å². The molecule has 0 radical (unpaired) electrons. The number of carbonyl (C=O) groups excluding carboxylic acids is 2. The van der Waals surface area contributed by atoms with E-state index in [0.717, 1.165) is 11.1 Å². The van der Waals surface area contributed by atoms with E-state index in [1.54, 1.807) is 38.4 Å². The molecule has 1 aromatic heterocycles. The molecule has 0 bridgehead atoms. The van der Waals surface area contributed by atoms with E-state index in [-0.39, 0.29) is 12.1 Å². The van der Waals surface area contributed by atoms with Gasteiger partial charge in [0.25, 0.3) is 11.8 Å². The average molecular weight is 379 g/mol. The van der Waals surface area contributed by atoms with Gasteiger partial charge in [-0.25, -0.2) is 4.98 Å². The summed E-state index contributed by atoms with van der Waals surface area (Å²) in [7, 11) is 3.20. The van der Waals surface area contributed by atoms with Gasteiger partial charge in [0.05, 0.1) is 12.3 Å². The predicted molar refractivity (Wildman–Crippen MR) is 103 cm³/mol. The number of benzene rings is 1. The molecule has 1 unspecified atom stereocenters. The number of aromatic nitrogens is 1. The lowest BCUT2D eigenvalue weighted by atomic mass is 10.0. The van der Waals surface area contributed by atoms with Crippen molar-refractivity contribution in [2.75, 3.05) is 20.7 Å². The minimum absolute atomic E-state index is 0.148. The van der Waals surface area contributed by atoms with Crippen molar-refractivity contribution in [3.8, 4) is 23.1 Å². The number of likely N-dealkylation sites (N-methyl/N-ethyl adjacent to an activating group) is 1. The van der Waals surface area contributed by atoms with Crippen LogP contribution in [0.1, 0.15) is 28.0 Å². The molecule has 0 saturated carbocycles. The number of methoxy groups -OCH3 is 1. The van der Waals surface area contributed by atoms with Crippen LogP contribution in [-0.4, -0.2) is 53.1 Å². The van der Waals surface area contributed by atoms with E-state index in [1.165, 1.54) is 4.90 Å². The molecule has 1 aliphatic rings. The summed E-state index contributed by atoms with van der Waals surface area (Å²) in [5.41, 5.74) is 6.56. The lowest BCUT2D eigenvalue weighted by Gasteiger charge is -2.13. The smallest absolute Gasteiger partial charge is 0.267 e. The number of likely N-dealkylation sites (tertiary alicyclic amines) is 1. The Morgan fingerprint density at radius 2 is 2.18 bits per heavy atom. The van der Waals surface area contributed by atoms with Gasteiger partial charge in [-0.05, 0) is 29.8 Å². The van der Waals surface area contributed by atoms with Gasteiger partial charge in [0.2, 0.25) is 5.60 Å². The van der Waals surface area contributed by atoms with Crippen LogP contribution in [0.25, 0.3) is 11.3 Å². The summed E-state index contributed by atoms with van der Waals surface area (Å²) < 4.78 is 5.14. The van der Waals surface area contributed by atoms with E-state index in [4.69, 9.17) is 10.5 Å². The van der Waals surface area contributed by atoms with E-state index in [1.807, 2.05) is 12.1 Å². The van der Waals surface area contributed by atoms with Crippen molar-refractivity contribution in [3.63, 3.8) is 0 Å². The molecule has 2 amide bonds. The highest BCUT2D eigenvalue weighted by atomic mass is 16.5. The number of hydrogen-bond donors (Lipinski definition) is 2. The maximum absolute atomic E-state index is 12.0. The molecular formula is C21H21N3O4. The molecule has 2 heterocycles. The Morgan fingerprint density at radius 3 is 2.82 bits per heavy atom. The molecule has 1 aromatic carbocycles. The van der Waals surface area contributed by atoms with Crippen molar-refractivity contribution in [2.24, 2.45) is 5.73 Å². The number of rotatable bonds is 4. The van der Waals surface area contributed by atoms with Crippen molar-refractivity contribution < 1.29 is 19.4 Å². The summed E-state index contributed by atoms with van der Waals surface area (Å²) in [6.45, 7) is 0.786. The Hall–Kier alpha value is -3.21. The monoisotopic (exact) mass is 379 g/mol. The zero-order valence-corrected chi connectivity index (χ0v) is 15.7. The molecule has 1 saturated heterocycles. The summed E-state index contributed by atoms with van der Waals surface area (Å²) >= 11 is 0. The molecule has 1 atom stereocenters. The van der Waals surface area contributed by atoms with E-state index in [0.29, 0.717) is 24.4 Å². The second-order valence-corrected chi connectivity index (χ2v) is 6.71. The van der Waals surface area contributed by atoms with Gasteiger partial charge in [-0.1, -0.05) is 24.0 Å². The first-order valence-electron chi connectivity index (χ1n) is 8.73. The molecule has 2 aromatic rings. The number of primary amides is 1. The fraction of sp³-hybridized carbons (Fsp3) is 0.286. The quantitative estimate of drug-likeness (QED) is 0.769. The first-order chi connectivity index (χ1) is 13.3. The second-order valence-electron chi connectivity index (χ2n) is 6.71. The zero-order valence-electron chi connectivity index (χ0n) is 15.7. The van der Waals surface area contributed by atoms with Gasteiger partial charge < -0.3 is 20.5 Å². The number of amides is 2. The minimum Gasteiger partial charge on any atom is -0.380 e. The summed E-state index contributed by atoms with van der Waals surface area (Å²) in [5, 5.41) is 10.4. The number of carbonyl (C=O) groups is 2. The number of nitrogens with two attached hydrogens (primary N) is 1. The molecule has 144 valence electrons. The fourth-order valence-corrected chi connectivity index (χ4v) is 3.01. The van der Waals surface area contributed by atoms with Crippen molar-refractivity contribution in [2.45, 2.75) is 18.6 Å². The van der Waals surface area contributed by atoms with Crippen LogP contribution in [0.4, 0.5) is 0 Å². The van der Waals surface area contributed by atoms with Crippen molar-refractivity contribution >= 4 is 11.8 Å². The lowest BCUT2D eigenvalue weighted by Crippen LogP contribution is -2.37. The summed E-state index contributed by atoms with van der Waals surface area (Å²) in [4.78, 5) is 29.4. The van der Waals surface area contributed by atoms with Gasteiger partial charge >= 0.3 is 0 Å². The Bertz CT molecular complexity index is 993. The predicted octanol–water partition coefficient (Wildman–Crippen LogP) is 0.939. The lowest BCUT2D eigenvalue weighted by molar-refractivity contribution is -0.137. The normalized spacial score (nSPS) is 18.7. The van der Waals surface area contributed by atoms with Gasteiger partial charge in [-0.15, -0.1) is 0 Å². The number of ether oxygens (including phenoxy) is 1. The highest BCUT2D eigenvalue weighted by molar-refractivity contribution is 5.92. The number of nitrogens with zero attached hydrogens (tertiary/aromatic N) is 2. The van der Waals surface area contributed by atoms with Crippen molar-refractivity contribution in [1.82, 2.24) is 9.88 Å². The van der Waals surface area contributed by atoms with Gasteiger partial charge in [0.15, 0.2) is 0 Å². The van der Waals surface area contributed by atoms with Gasteiger partial charge in [-0.3, -0.25) is 9.59 Å². The summed E-state index contributed by atoms with van der Waals surface area (Å²) in [6, 6.07) is 10.6. The van der Waals surface area contributed by atoms with E-state index in [9.17, 15) is 14.7 Å². The van der Waals surface area contributed by atoms with Gasteiger partial charge in [-0.2, -0.15) is 0 Å². The Kier molecular flexibility index (Phi) is 5.45. The van der Waals surface area contributed by atoms with Gasteiger partial charge in [0.1, 0.15) is 5.69 Å². The Balaban J connectivity index is 1.96. The van der Waals surface area contributed by atoms with Crippen LogP contribution in [0.3, 0.4) is 0 Å². The molecule has 7 heteroatoms. The Labute approximate surface area is 163 Å². The summed E-state index contributed by atoms with van der Waals surface area (Å²) in [5.74, 6) is 4.55. The van der Waals surface area contributed by atoms with Crippen molar-refractivity contribution in [3.05, 3.63) is 53.2 Å². The topological polar surface area (TPSA) is 106 Å². The first-order valence-corrected chi connectivity index (χ1v) is 8.73. The second kappa shape index (κ2) is 7.80. The van der Waals surface area contributed by atoms with Crippen LogP contribution in [0, 0.1) is 11.8 Å². The van der Waals surface area contributed by atoms with E-state index >= 15 is 0 Å². The molecular weight excluding hydrogens is 358 g/mol. The zero-order chi connectivity index (χ0) is 20.3. The van der Waals surface area contributed by atoms with Crippen LogP contribution in [-0.2, 0) is 16.1 Å².